The average molecular weight is 114 g/mol. The summed E-state index contributed by atoms with van der Waals surface area (Å²) in [6.45, 7) is 1.82. The molecule has 46 valence electrons. The Hall–Kier alpha value is -0.570. The lowest BCUT2D eigenvalue weighted by atomic mass is 10.1. The van der Waals surface area contributed by atoms with E-state index in [0.717, 1.165) is 31.6 Å². The van der Waals surface area contributed by atoms with Crippen LogP contribution in [0.2, 0.25) is 0 Å². The fraction of sp³-hybridized carbons (Fsp3) is 0.800. The van der Waals surface area contributed by atoms with Gasteiger partial charge in [-0.2, -0.15) is 0 Å². The Labute approximate surface area is 48.4 Å². The first-order chi connectivity index (χ1) is 3.93. The van der Waals surface area contributed by atoms with E-state index in [2.05, 4.69) is 10.5 Å². The number of nitrogens with one attached hydrogen (secondary N) is 1. The van der Waals surface area contributed by atoms with Gasteiger partial charge in [0.05, 0.1) is 5.71 Å². The molecule has 0 bridgehead atoms. The second-order valence-corrected chi connectivity index (χ2v) is 1.95. The van der Waals surface area contributed by atoms with Crippen molar-refractivity contribution in [2.24, 2.45) is 5.16 Å². The van der Waals surface area contributed by atoms with Crippen molar-refractivity contribution >= 4 is 5.71 Å². The van der Waals surface area contributed by atoms with E-state index in [-0.39, 0.29) is 0 Å². The van der Waals surface area contributed by atoms with E-state index < -0.39 is 0 Å². The predicted molar refractivity (Wildman–Crippen MR) is 31.3 cm³/mol. The second-order valence-electron chi connectivity index (χ2n) is 1.95. The van der Waals surface area contributed by atoms with Crippen molar-refractivity contribution in [3.05, 3.63) is 0 Å². The lowest BCUT2D eigenvalue weighted by Crippen LogP contribution is -2.29. The Morgan fingerprint density at radius 1 is 1.62 bits per heavy atom. The minimum Gasteiger partial charge on any atom is -0.411 e. The zero-order valence-corrected chi connectivity index (χ0v) is 4.72. The molecule has 3 heteroatoms. The molecule has 0 unspecified atom stereocenters. The van der Waals surface area contributed by atoms with E-state index in [4.69, 9.17) is 5.21 Å². The molecule has 0 amide bonds. The summed E-state index contributed by atoms with van der Waals surface area (Å²) < 4.78 is 0. The van der Waals surface area contributed by atoms with Gasteiger partial charge in [-0.25, -0.2) is 0 Å². The molecule has 2 N–H and O–H groups in total. The summed E-state index contributed by atoms with van der Waals surface area (Å²) in [7, 11) is 0. The highest BCUT2D eigenvalue weighted by Gasteiger charge is 2.04. The van der Waals surface area contributed by atoms with E-state index in [9.17, 15) is 0 Å². The molecule has 0 aliphatic carbocycles. The Balaban J connectivity index is 2.33. The van der Waals surface area contributed by atoms with E-state index in [1.165, 1.54) is 0 Å². The topological polar surface area (TPSA) is 44.6 Å². The highest BCUT2D eigenvalue weighted by molar-refractivity contribution is 5.86. The van der Waals surface area contributed by atoms with Gasteiger partial charge in [-0.15, -0.1) is 0 Å². The third kappa shape index (κ3) is 1.20. The minimum absolute atomic E-state index is 0.760. The first kappa shape index (κ1) is 5.56. The molecule has 0 saturated carbocycles. The molecule has 1 rings (SSSR count). The number of hydrogen-bond donors (Lipinski definition) is 2. The second kappa shape index (κ2) is 2.67. The zero-order valence-electron chi connectivity index (χ0n) is 4.72. The van der Waals surface area contributed by atoms with Gasteiger partial charge in [0.1, 0.15) is 0 Å². The number of hydrogen-bond acceptors (Lipinski definition) is 3. The third-order valence-corrected chi connectivity index (χ3v) is 1.29. The summed E-state index contributed by atoms with van der Waals surface area (Å²) in [5.74, 6) is 0. The monoisotopic (exact) mass is 114 g/mol. The SMILES string of the molecule is O/N=C1/CCCNC1. The maximum atomic E-state index is 8.24. The third-order valence-electron chi connectivity index (χ3n) is 1.29. The van der Waals surface area contributed by atoms with Crippen molar-refractivity contribution in [2.75, 3.05) is 13.1 Å². The molecule has 1 aliphatic rings. The Kier molecular flexibility index (Phi) is 1.86. The predicted octanol–water partition coefficient (Wildman–Crippen LogP) is 0.200. The number of nitrogens with zero attached hydrogens (tertiary/aromatic N) is 1. The van der Waals surface area contributed by atoms with Crippen LogP contribution in [0.4, 0.5) is 0 Å². The number of piperidine rings is 1. The van der Waals surface area contributed by atoms with Crippen LogP contribution in [-0.2, 0) is 0 Å². The van der Waals surface area contributed by atoms with Gasteiger partial charge >= 0.3 is 0 Å². The molecule has 1 heterocycles. The molecule has 0 aromatic heterocycles. The Morgan fingerprint density at radius 3 is 2.88 bits per heavy atom. The summed E-state index contributed by atoms with van der Waals surface area (Å²) >= 11 is 0. The summed E-state index contributed by atoms with van der Waals surface area (Å²) in [4.78, 5) is 0. The molecule has 0 spiro atoms. The molecule has 0 aromatic rings. The molecule has 1 saturated heterocycles. The van der Waals surface area contributed by atoms with Gasteiger partial charge in [-0.1, -0.05) is 5.16 Å². The first-order valence-corrected chi connectivity index (χ1v) is 2.84. The van der Waals surface area contributed by atoms with E-state index in [1.807, 2.05) is 0 Å². The van der Waals surface area contributed by atoms with Gasteiger partial charge in [0, 0.05) is 6.54 Å². The van der Waals surface area contributed by atoms with Crippen LogP contribution < -0.4 is 5.32 Å². The van der Waals surface area contributed by atoms with Gasteiger partial charge in [0.15, 0.2) is 0 Å². The van der Waals surface area contributed by atoms with Gasteiger partial charge in [-0.05, 0) is 19.4 Å². The first-order valence-electron chi connectivity index (χ1n) is 2.84. The lowest BCUT2D eigenvalue weighted by molar-refractivity contribution is 0.315. The van der Waals surface area contributed by atoms with Crippen LogP contribution in [0.1, 0.15) is 12.8 Å². The van der Waals surface area contributed by atoms with Crippen molar-refractivity contribution < 1.29 is 5.21 Å². The van der Waals surface area contributed by atoms with Gasteiger partial charge in [0.2, 0.25) is 0 Å². The van der Waals surface area contributed by atoms with Crippen LogP contribution in [0.5, 0.6) is 0 Å². The van der Waals surface area contributed by atoms with Crippen molar-refractivity contribution in [3.63, 3.8) is 0 Å². The van der Waals surface area contributed by atoms with E-state index in [0.29, 0.717) is 0 Å². The smallest absolute Gasteiger partial charge is 0.0708 e. The molecule has 0 radical (unpaired) electrons. The summed E-state index contributed by atoms with van der Waals surface area (Å²) in [6.07, 6.45) is 2.04. The fourth-order valence-corrected chi connectivity index (χ4v) is 0.824. The van der Waals surface area contributed by atoms with Crippen LogP contribution in [0.25, 0.3) is 0 Å². The Morgan fingerprint density at radius 2 is 2.50 bits per heavy atom. The van der Waals surface area contributed by atoms with Crippen LogP contribution in [0, 0.1) is 0 Å². The standard InChI is InChI=1S/C5H10N2O/c8-7-5-2-1-3-6-4-5/h6,8H,1-4H2/b7-5-. The normalized spacial score (nSPS) is 26.2. The molecule has 8 heavy (non-hydrogen) atoms. The maximum absolute atomic E-state index is 8.24. The summed E-state index contributed by atoms with van der Waals surface area (Å²) in [5.41, 5.74) is 0.872. The summed E-state index contributed by atoms with van der Waals surface area (Å²) in [5, 5.41) is 14.4. The highest BCUT2D eigenvalue weighted by atomic mass is 16.4. The minimum atomic E-state index is 0.760. The fourth-order valence-electron chi connectivity index (χ4n) is 0.824. The van der Waals surface area contributed by atoms with Crippen LogP contribution in [0.15, 0.2) is 5.16 Å². The van der Waals surface area contributed by atoms with Gasteiger partial charge < -0.3 is 10.5 Å². The zero-order chi connectivity index (χ0) is 5.82. The molecule has 1 aliphatic heterocycles. The molecule has 0 aromatic carbocycles. The van der Waals surface area contributed by atoms with Crippen molar-refractivity contribution in [2.45, 2.75) is 12.8 Å². The van der Waals surface area contributed by atoms with Gasteiger partial charge in [0.25, 0.3) is 0 Å². The highest BCUT2D eigenvalue weighted by Crippen LogP contribution is 1.95. The Bertz CT molecular complexity index is 92.6. The van der Waals surface area contributed by atoms with Crippen molar-refractivity contribution in [1.29, 1.82) is 0 Å². The van der Waals surface area contributed by atoms with Crippen LogP contribution >= 0.6 is 0 Å². The molecule has 0 atom stereocenters. The van der Waals surface area contributed by atoms with Crippen molar-refractivity contribution in [3.8, 4) is 0 Å². The maximum Gasteiger partial charge on any atom is 0.0708 e. The van der Waals surface area contributed by atoms with Crippen LogP contribution in [0.3, 0.4) is 0 Å². The lowest BCUT2D eigenvalue weighted by Gasteiger charge is -2.11. The molecular formula is C5H10N2O. The van der Waals surface area contributed by atoms with E-state index in [1.54, 1.807) is 0 Å². The average Bonchev–Trinajstić information content (AvgIpc) is 1.90. The van der Waals surface area contributed by atoms with Crippen LogP contribution in [-0.4, -0.2) is 24.0 Å². The number of oxime groups is 1. The van der Waals surface area contributed by atoms with Gasteiger partial charge in [-0.3, -0.25) is 0 Å². The molecule has 3 nitrogen and oxygen atoms in total. The molecule has 1 fully saturated rings. The van der Waals surface area contributed by atoms with E-state index >= 15 is 0 Å². The number of rotatable bonds is 0. The quantitative estimate of drug-likeness (QED) is 0.349. The summed E-state index contributed by atoms with van der Waals surface area (Å²) in [6, 6.07) is 0. The van der Waals surface area contributed by atoms with Crippen molar-refractivity contribution in [1.82, 2.24) is 5.32 Å². The molecular weight excluding hydrogens is 104 g/mol. The largest absolute Gasteiger partial charge is 0.411 e.